The van der Waals surface area contributed by atoms with Gasteiger partial charge in [0.1, 0.15) is 0 Å². The van der Waals surface area contributed by atoms with Gasteiger partial charge >= 0.3 is 5.97 Å². The van der Waals surface area contributed by atoms with Gasteiger partial charge in [0.2, 0.25) is 5.60 Å². The minimum absolute atomic E-state index is 0.00958. The van der Waals surface area contributed by atoms with Crippen molar-refractivity contribution in [3.63, 3.8) is 0 Å². The quantitative estimate of drug-likeness (QED) is 0.398. The normalized spacial score (nSPS) is 45.7. The highest BCUT2D eigenvalue weighted by Gasteiger charge is 2.78. The maximum atomic E-state index is 13.8. The average Bonchev–Trinajstić information content (AvgIpc) is 3.43. The van der Waals surface area contributed by atoms with E-state index in [4.69, 9.17) is 9.47 Å². The van der Waals surface area contributed by atoms with Crippen LogP contribution in [0.15, 0.2) is 54.6 Å². The number of carbonyl (C=O) groups excluding carboxylic acids is 2. The molecule has 10 atom stereocenters. The fourth-order valence-corrected chi connectivity index (χ4v) is 6.65. The summed E-state index contributed by atoms with van der Waals surface area (Å²) in [5.74, 6) is -1.60. The zero-order valence-corrected chi connectivity index (χ0v) is 20.3. The molecule has 4 aliphatic rings. The zero-order chi connectivity index (χ0) is 24.3. The molecule has 3 heterocycles. The third kappa shape index (κ3) is 3.54. The Balaban J connectivity index is 1.58. The summed E-state index contributed by atoms with van der Waals surface area (Å²) in [4.78, 5) is 26.9. The first-order chi connectivity index (χ1) is 16.2. The molecule has 0 aromatic heterocycles. The monoisotopic (exact) mass is 465 g/mol. The minimum atomic E-state index is -1.33. The van der Waals surface area contributed by atoms with Crippen molar-refractivity contribution in [3.8, 4) is 0 Å². The van der Waals surface area contributed by atoms with Gasteiger partial charge in [-0.2, -0.15) is 0 Å². The lowest BCUT2D eigenvalue weighted by Crippen LogP contribution is -2.61. The number of hydrogen-bond donors (Lipinski definition) is 2. The van der Waals surface area contributed by atoms with E-state index < -0.39 is 23.6 Å². The Kier molecular flexibility index (Phi) is 5.72. The van der Waals surface area contributed by atoms with Crippen LogP contribution in [0.25, 0.3) is 0 Å². The number of amides is 1. The van der Waals surface area contributed by atoms with Gasteiger partial charge in [-0.3, -0.25) is 4.79 Å². The predicted octanol–water partition coefficient (Wildman–Crippen LogP) is 3.20. The highest BCUT2D eigenvalue weighted by molar-refractivity contribution is 5.94. The minimum Gasteiger partial charge on any atom is -0.445 e. The smallest absolute Gasteiger partial charge is 0.331 e. The molecule has 0 bridgehead atoms. The number of fused-ring (bicyclic) bond motifs is 2. The van der Waals surface area contributed by atoms with Crippen LogP contribution in [0.2, 0.25) is 0 Å². The van der Waals surface area contributed by atoms with Gasteiger partial charge in [-0.1, -0.05) is 69.3 Å². The van der Waals surface area contributed by atoms with E-state index in [1.807, 2.05) is 44.2 Å². The lowest BCUT2D eigenvalue weighted by Gasteiger charge is -2.45. The first kappa shape index (κ1) is 23.3. The first-order valence-corrected chi connectivity index (χ1v) is 12.5. The molecule has 3 aliphatic heterocycles. The van der Waals surface area contributed by atoms with Crippen LogP contribution in [0, 0.1) is 29.6 Å². The summed E-state index contributed by atoms with van der Waals surface area (Å²) in [6.45, 7) is 8.11. The number of allylic oxidation sites excluding steroid dienone is 1. The molecule has 2 saturated heterocycles. The molecule has 6 heteroatoms. The second kappa shape index (κ2) is 8.35. The van der Waals surface area contributed by atoms with Crippen molar-refractivity contribution >= 4 is 11.9 Å². The lowest BCUT2D eigenvalue weighted by atomic mass is 9.59. The van der Waals surface area contributed by atoms with Crippen molar-refractivity contribution in [2.45, 2.75) is 70.0 Å². The Morgan fingerprint density at radius 2 is 1.85 bits per heavy atom. The van der Waals surface area contributed by atoms with Crippen molar-refractivity contribution in [1.29, 1.82) is 0 Å². The van der Waals surface area contributed by atoms with E-state index >= 15 is 0 Å². The molecule has 1 aliphatic carbocycles. The molecule has 1 amide bonds. The Morgan fingerprint density at radius 1 is 1.12 bits per heavy atom. The van der Waals surface area contributed by atoms with E-state index in [0.29, 0.717) is 12.8 Å². The molecule has 5 rings (SSSR count). The van der Waals surface area contributed by atoms with Crippen molar-refractivity contribution in [2.24, 2.45) is 29.6 Å². The van der Waals surface area contributed by atoms with Gasteiger partial charge in [0, 0.05) is 24.0 Å². The molecule has 0 radical (unpaired) electrons. The van der Waals surface area contributed by atoms with E-state index in [0.717, 1.165) is 5.56 Å². The standard InChI is InChI=1S/C28H35NO5/c1-16-9-8-12-20-25-27(4,34-25)18(3)23-21(15-19-10-6-5-7-11-19)29-26(32)28(20,23)33-22(30)14-13-17(2)24(16)31/h5-8,10-14,16-18,20-21,23-25,31H,9,15H2,1-4H3,(H,29,32)/t16-,17-,18-,20-,21+,23+,24-,25-,27+,28-/m0/s1. The summed E-state index contributed by atoms with van der Waals surface area (Å²) < 4.78 is 12.5. The number of aliphatic hydroxyl groups excluding tert-OH is 1. The van der Waals surface area contributed by atoms with Gasteiger partial charge in [0.15, 0.2) is 0 Å². The highest BCUT2D eigenvalue weighted by Crippen LogP contribution is 2.63. The molecule has 0 unspecified atom stereocenters. The number of carbonyl (C=O) groups is 2. The number of epoxide rings is 1. The van der Waals surface area contributed by atoms with E-state index in [1.165, 1.54) is 6.08 Å². The SMILES string of the molecule is C[C@H]1C=CC(=O)O[C@]23C(=O)N[C@H](Cc4ccccc4)[C@H]2[C@H](C)[C@@]2(C)O[C@H]2[C@@H]3C=CC[C@H](C)[C@@H]1O. The number of nitrogens with one attached hydrogen (secondary N) is 1. The van der Waals surface area contributed by atoms with Gasteiger partial charge in [0.05, 0.1) is 23.7 Å². The molecule has 1 aromatic carbocycles. The molecular weight excluding hydrogens is 430 g/mol. The molecule has 1 saturated carbocycles. The largest absolute Gasteiger partial charge is 0.445 e. The molecule has 34 heavy (non-hydrogen) atoms. The fourth-order valence-electron chi connectivity index (χ4n) is 6.65. The Labute approximate surface area is 201 Å². The number of aliphatic hydroxyl groups is 1. The summed E-state index contributed by atoms with van der Waals surface area (Å²) in [7, 11) is 0. The fraction of sp³-hybridized carbons (Fsp3) is 0.571. The van der Waals surface area contributed by atoms with Crippen molar-refractivity contribution in [1.82, 2.24) is 5.32 Å². The molecule has 1 aromatic rings. The molecule has 6 nitrogen and oxygen atoms in total. The maximum Gasteiger partial charge on any atom is 0.331 e. The van der Waals surface area contributed by atoms with Gasteiger partial charge in [-0.25, -0.2) is 4.79 Å². The summed E-state index contributed by atoms with van der Waals surface area (Å²) in [6, 6.07) is 9.92. The van der Waals surface area contributed by atoms with E-state index in [9.17, 15) is 14.7 Å². The summed E-state index contributed by atoms with van der Waals surface area (Å²) >= 11 is 0. The predicted molar refractivity (Wildman–Crippen MR) is 128 cm³/mol. The second-order valence-electron chi connectivity index (χ2n) is 10.9. The first-order valence-electron chi connectivity index (χ1n) is 12.5. The van der Waals surface area contributed by atoms with Crippen LogP contribution in [-0.4, -0.2) is 46.4 Å². The van der Waals surface area contributed by atoms with Crippen LogP contribution in [0.1, 0.15) is 39.7 Å². The summed E-state index contributed by atoms with van der Waals surface area (Å²) in [5, 5.41) is 13.8. The molecule has 182 valence electrons. The summed E-state index contributed by atoms with van der Waals surface area (Å²) in [5.41, 5.74) is -0.574. The van der Waals surface area contributed by atoms with Crippen LogP contribution in [0.5, 0.6) is 0 Å². The number of ether oxygens (including phenoxy) is 2. The molecule has 1 spiro atoms. The molecule has 3 fully saturated rings. The van der Waals surface area contributed by atoms with Crippen LogP contribution < -0.4 is 5.32 Å². The highest BCUT2D eigenvalue weighted by atomic mass is 16.6. The lowest BCUT2D eigenvalue weighted by molar-refractivity contribution is -0.177. The van der Waals surface area contributed by atoms with E-state index in [2.05, 4.69) is 31.3 Å². The van der Waals surface area contributed by atoms with Gasteiger partial charge in [-0.15, -0.1) is 0 Å². The van der Waals surface area contributed by atoms with E-state index in [-0.39, 0.29) is 47.3 Å². The number of hydrogen-bond acceptors (Lipinski definition) is 5. The Bertz CT molecular complexity index is 1020. The van der Waals surface area contributed by atoms with Crippen molar-refractivity contribution in [3.05, 3.63) is 60.2 Å². The van der Waals surface area contributed by atoms with Gasteiger partial charge in [-0.05, 0) is 37.2 Å². The number of rotatable bonds is 2. The Morgan fingerprint density at radius 3 is 2.59 bits per heavy atom. The van der Waals surface area contributed by atoms with Gasteiger partial charge in [0.25, 0.3) is 5.91 Å². The van der Waals surface area contributed by atoms with Crippen molar-refractivity contribution in [2.75, 3.05) is 0 Å². The van der Waals surface area contributed by atoms with Crippen LogP contribution in [0.4, 0.5) is 0 Å². The maximum absolute atomic E-state index is 13.8. The number of benzene rings is 1. The summed E-state index contributed by atoms with van der Waals surface area (Å²) in [6.07, 6.45) is 7.65. The topological polar surface area (TPSA) is 88.2 Å². The second-order valence-corrected chi connectivity index (χ2v) is 10.9. The third-order valence-electron chi connectivity index (χ3n) is 8.83. The third-order valence-corrected chi connectivity index (χ3v) is 8.83. The average molecular weight is 466 g/mol. The van der Waals surface area contributed by atoms with Crippen LogP contribution >= 0.6 is 0 Å². The van der Waals surface area contributed by atoms with E-state index in [1.54, 1.807) is 6.08 Å². The van der Waals surface area contributed by atoms with Crippen molar-refractivity contribution < 1.29 is 24.2 Å². The van der Waals surface area contributed by atoms with Crippen LogP contribution in [-0.2, 0) is 25.5 Å². The zero-order valence-electron chi connectivity index (χ0n) is 20.3. The number of esters is 1. The Hall–Kier alpha value is -2.44. The molecule has 2 N–H and O–H groups in total. The van der Waals surface area contributed by atoms with Gasteiger partial charge < -0.3 is 19.9 Å². The van der Waals surface area contributed by atoms with Crippen LogP contribution in [0.3, 0.4) is 0 Å². The molecular formula is C28H35NO5.